The van der Waals surface area contributed by atoms with Crippen LogP contribution in [0.1, 0.15) is 31.2 Å². The number of pyridine rings is 1. The van der Waals surface area contributed by atoms with Crippen LogP contribution < -0.4 is 0 Å². The molecule has 0 amide bonds. The molecule has 1 saturated carbocycles. The third-order valence-electron chi connectivity index (χ3n) is 2.79. The highest BCUT2D eigenvalue weighted by Crippen LogP contribution is 2.30. The lowest BCUT2D eigenvalue weighted by molar-refractivity contribution is 0.296. The van der Waals surface area contributed by atoms with E-state index >= 15 is 0 Å². The van der Waals surface area contributed by atoms with Crippen molar-refractivity contribution in [2.75, 3.05) is 0 Å². The van der Waals surface area contributed by atoms with Crippen molar-refractivity contribution >= 4 is 0 Å². The van der Waals surface area contributed by atoms with Crippen LogP contribution in [0.3, 0.4) is 0 Å². The van der Waals surface area contributed by atoms with E-state index in [0.717, 1.165) is 5.92 Å². The van der Waals surface area contributed by atoms with Crippen LogP contribution in [0.25, 0.3) is 0 Å². The van der Waals surface area contributed by atoms with E-state index in [0.29, 0.717) is 0 Å². The van der Waals surface area contributed by atoms with Crippen LogP contribution in [0.5, 0.6) is 0 Å². The zero-order valence-electron chi connectivity index (χ0n) is 7.37. The Kier molecular flexibility index (Phi) is 2.40. The lowest BCUT2D eigenvalue weighted by Gasteiger charge is -2.24. The van der Waals surface area contributed by atoms with E-state index in [-0.39, 0.29) is 0 Å². The molecule has 1 fully saturated rings. The van der Waals surface area contributed by atoms with Crippen LogP contribution in [0.4, 0.5) is 0 Å². The number of aromatic nitrogens is 1. The fraction of sp³-hybridized carbons (Fsp3) is 0.545. The van der Waals surface area contributed by atoms with E-state index in [2.05, 4.69) is 11.1 Å². The molecule has 64 valence electrons. The molecule has 0 radical (unpaired) electrons. The van der Waals surface area contributed by atoms with Crippen LogP contribution in [0, 0.1) is 5.92 Å². The normalized spacial score (nSPS) is 17.3. The van der Waals surface area contributed by atoms with Crippen LogP contribution in [0.15, 0.2) is 24.5 Å². The number of aryl methyl sites for hydroxylation is 1. The second kappa shape index (κ2) is 3.70. The minimum Gasteiger partial charge on any atom is -0.264 e. The summed E-state index contributed by atoms with van der Waals surface area (Å²) in [4.78, 5) is 4.11. The Morgan fingerprint density at radius 2 is 2.33 bits per heavy atom. The quantitative estimate of drug-likeness (QED) is 0.664. The molecule has 0 spiro atoms. The van der Waals surface area contributed by atoms with Gasteiger partial charge in [-0.1, -0.05) is 25.3 Å². The smallest absolute Gasteiger partial charge is 0.0299 e. The highest BCUT2D eigenvalue weighted by Gasteiger charge is 2.16. The molecule has 0 N–H and O–H groups in total. The van der Waals surface area contributed by atoms with Gasteiger partial charge in [-0.3, -0.25) is 4.98 Å². The molecule has 1 aliphatic carbocycles. The minimum absolute atomic E-state index is 1.02. The topological polar surface area (TPSA) is 12.9 Å². The van der Waals surface area contributed by atoms with Gasteiger partial charge in [0.15, 0.2) is 0 Å². The van der Waals surface area contributed by atoms with Crippen LogP contribution in [-0.4, -0.2) is 4.98 Å². The van der Waals surface area contributed by atoms with Crippen molar-refractivity contribution in [2.24, 2.45) is 5.92 Å². The molecule has 0 aromatic carbocycles. The summed E-state index contributed by atoms with van der Waals surface area (Å²) in [6.07, 6.45) is 10.8. The van der Waals surface area contributed by atoms with E-state index in [1.165, 1.54) is 37.7 Å². The molecule has 2 rings (SSSR count). The number of hydrogen-bond donors (Lipinski definition) is 0. The average molecular weight is 161 g/mol. The maximum atomic E-state index is 4.11. The summed E-state index contributed by atoms with van der Waals surface area (Å²) in [7, 11) is 0. The molecule has 1 heterocycles. The summed E-state index contributed by atoms with van der Waals surface area (Å²) < 4.78 is 0. The molecule has 0 unspecified atom stereocenters. The number of hydrogen-bond acceptors (Lipinski definition) is 1. The van der Waals surface area contributed by atoms with Gasteiger partial charge in [0.05, 0.1) is 0 Å². The Bertz CT molecular complexity index is 226. The maximum absolute atomic E-state index is 4.11. The van der Waals surface area contributed by atoms with Crippen molar-refractivity contribution in [1.29, 1.82) is 0 Å². The number of nitrogens with zero attached hydrogens (tertiary/aromatic N) is 1. The molecule has 0 atom stereocenters. The first-order valence-electron chi connectivity index (χ1n) is 4.84. The van der Waals surface area contributed by atoms with E-state index in [1.807, 2.05) is 18.5 Å². The summed E-state index contributed by atoms with van der Waals surface area (Å²) in [5, 5.41) is 0. The van der Waals surface area contributed by atoms with Crippen LogP contribution in [0.2, 0.25) is 0 Å². The molecule has 0 aliphatic heterocycles. The lowest BCUT2D eigenvalue weighted by Crippen LogP contribution is -2.11. The maximum Gasteiger partial charge on any atom is 0.0299 e. The monoisotopic (exact) mass is 161 g/mol. The molecule has 0 saturated heterocycles. The van der Waals surface area contributed by atoms with E-state index in [9.17, 15) is 0 Å². The first kappa shape index (κ1) is 7.78. The van der Waals surface area contributed by atoms with Crippen molar-refractivity contribution in [3.05, 3.63) is 30.1 Å². The third-order valence-corrected chi connectivity index (χ3v) is 2.79. The van der Waals surface area contributed by atoms with E-state index < -0.39 is 0 Å². The fourth-order valence-electron chi connectivity index (χ4n) is 1.70. The van der Waals surface area contributed by atoms with Gasteiger partial charge in [0.25, 0.3) is 0 Å². The first-order valence-corrected chi connectivity index (χ1v) is 4.84. The highest BCUT2D eigenvalue weighted by molar-refractivity contribution is 5.08. The SMILES string of the molecule is c1cncc(CCC2CCC2)c1. The van der Waals surface area contributed by atoms with Gasteiger partial charge < -0.3 is 0 Å². The fourth-order valence-corrected chi connectivity index (χ4v) is 1.70. The summed E-state index contributed by atoms with van der Waals surface area (Å²) in [5.41, 5.74) is 1.39. The van der Waals surface area contributed by atoms with Crippen molar-refractivity contribution in [3.63, 3.8) is 0 Å². The lowest BCUT2D eigenvalue weighted by atomic mass is 9.81. The molecule has 1 aromatic rings. The first-order chi connectivity index (χ1) is 5.95. The van der Waals surface area contributed by atoms with Crippen molar-refractivity contribution in [1.82, 2.24) is 4.98 Å². The number of rotatable bonds is 3. The van der Waals surface area contributed by atoms with Crippen molar-refractivity contribution < 1.29 is 0 Å². The summed E-state index contributed by atoms with van der Waals surface area (Å²) in [5.74, 6) is 1.02. The zero-order chi connectivity index (χ0) is 8.23. The van der Waals surface area contributed by atoms with Crippen molar-refractivity contribution in [2.45, 2.75) is 32.1 Å². The van der Waals surface area contributed by atoms with Crippen molar-refractivity contribution in [3.8, 4) is 0 Å². The Morgan fingerprint density at radius 1 is 1.42 bits per heavy atom. The van der Waals surface area contributed by atoms with Gasteiger partial charge in [-0.25, -0.2) is 0 Å². The molecule has 1 aromatic heterocycles. The van der Waals surface area contributed by atoms with Gasteiger partial charge >= 0.3 is 0 Å². The summed E-state index contributed by atoms with van der Waals surface area (Å²) in [6.45, 7) is 0. The molecule has 12 heavy (non-hydrogen) atoms. The Balaban J connectivity index is 1.79. The van der Waals surface area contributed by atoms with Gasteiger partial charge in [0.2, 0.25) is 0 Å². The second-order valence-corrected chi connectivity index (χ2v) is 3.70. The minimum atomic E-state index is 1.02. The van der Waals surface area contributed by atoms with E-state index in [1.54, 1.807) is 0 Å². The van der Waals surface area contributed by atoms with Gasteiger partial charge in [-0.15, -0.1) is 0 Å². The average Bonchev–Trinajstić information content (AvgIpc) is 2.04. The zero-order valence-corrected chi connectivity index (χ0v) is 7.37. The predicted octanol–water partition coefficient (Wildman–Crippen LogP) is 2.81. The molecule has 1 aliphatic rings. The third kappa shape index (κ3) is 1.84. The Labute approximate surface area is 73.8 Å². The Hall–Kier alpha value is -0.850. The van der Waals surface area contributed by atoms with Gasteiger partial charge in [0.1, 0.15) is 0 Å². The van der Waals surface area contributed by atoms with Crippen LogP contribution >= 0.6 is 0 Å². The van der Waals surface area contributed by atoms with Gasteiger partial charge in [-0.2, -0.15) is 0 Å². The summed E-state index contributed by atoms with van der Waals surface area (Å²) in [6, 6.07) is 4.20. The van der Waals surface area contributed by atoms with Gasteiger partial charge in [-0.05, 0) is 30.4 Å². The highest BCUT2D eigenvalue weighted by atomic mass is 14.6. The molecule has 0 bridgehead atoms. The molecule has 1 heteroatoms. The largest absolute Gasteiger partial charge is 0.264 e. The molecule has 1 nitrogen and oxygen atoms in total. The standard InChI is InChI=1S/C11H15N/c1-3-10(4-1)6-7-11-5-2-8-12-9-11/h2,5,8-10H,1,3-4,6-7H2. The van der Waals surface area contributed by atoms with Gasteiger partial charge in [0, 0.05) is 12.4 Å². The molecular weight excluding hydrogens is 146 g/mol. The predicted molar refractivity (Wildman–Crippen MR) is 49.9 cm³/mol. The summed E-state index contributed by atoms with van der Waals surface area (Å²) >= 11 is 0. The Morgan fingerprint density at radius 3 is 2.92 bits per heavy atom. The van der Waals surface area contributed by atoms with E-state index in [4.69, 9.17) is 0 Å². The molecular formula is C11H15N. The second-order valence-electron chi connectivity index (χ2n) is 3.70. The van der Waals surface area contributed by atoms with Crippen LogP contribution in [-0.2, 0) is 6.42 Å².